The molecule has 1 unspecified atom stereocenters. The lowest BCUT2D eigenvalue weighted by molar-refractivity contribution is -0.132. The summed E-state index contributed by atoms with van der Waals surface area (Å²) in [5, 5.41) is 0. The number of benzene rings is 2. The van der Waals surface area contributed by atoms with Crippen molar-refractivity contribution in [2.24, 2.45) is 0 Å². The summed E-state index contributed by atoms with van der Waals surface area (Å²) in [6.07, 6.45) is -0.357. The van der Waals surface area contributed by atoms with Crippen molar-refractivity contribution in [1.82, 2.24) is 9.80 Å². The van der Waals surface area contributed by atoms with Crippen LogP contribution in [-0.2, 0) is 27.4 Å². The predicted octanol–water partition coefficient (Wildman–Crippen LogP) is 3.61. The molecule has 2 aromatic carbocycles. The molecule has 1 saturated heterocycles. The van der Waals surface area contributed by atoms with Crippen molar-refractivity contribution in [2.45, 2.75) is 32.6 Å². The van der Waals surface area contributed by atoms with Crippen molar-refractivity contribution in [3.8, 4) is 5.75 Å². The Bertz CT molecular complexity index is 906. The van der Waals surface area contributed by atoms with Crippen LogP contribution in [0.5, 0.6) is 5.75 Å². The highest BCUT2D eigenvalue weighted by Crippen LogP contribution is 2.18. The fourth-order valence-electron chi connectivity index (χ4n) is 3.43. The molecule has 1 heterocycles. The number of amides is 2. The molecule has 3 rings (SSSR count). The number of methoxy groups -OCH3 is 1. The maximum absolute atomic E-state index is 14.0. The highest BCUT2D eigenvalue weighted by molar-refractivity contribution is 5.83. The first kappa shape index (κ1) is 23.5. The number of ether oxygens (including phenoxy) is 3. The fraction of sp³-hybridized carbons (Fsp3) is 0.417. The van der Waals surface area contributed by atoms with Crippen LogP contribution in [0, 0.1) is 5.82 Å². The maximum Gasteiger partial charge on any atom is 0.410 e. The van der Waals surface area contributed by atoms with E-state index >= 15 is 0 Å². The second kappa shape index (κ2) is 11.5. The zero-order valence-corrected chi connectivity index (χ0v) is 18.5. The molecule has 0 bridgehead atoms. The summed E-state index contributed by atoms with van der Waals surface area (Å²) < 4.78 is 30.4. The standard InChI is InChI=1S/C24H29FN2O5/c1-3-12-31-24(29)27-15-21(32-17-19-6-4-5-7-22(19)25)14-26(23(28)16-27)13-18-8-10-20(30-2)11-9-18/h4-11,21H,3,12-17H2,1-2H3. The normalized spacial score (nSPS) is 16.6. The molecule has 32 heavy (non-hydrogen) atoms. The van der Waals surface area contributed by atoms with Gasteiger partial charge < -0.3 is 19.1 Å². The van der Waals surface area contributed by atoms with Crippen LogP contribution >= 0.6 is 0 Å². The van der Waals surface area contributed by atoms with E-state index in [1.54, 1.807) is 30.2 Å². The molecule has 0 aromatic heterocycles. The van der Waals surface area contributed by atoms with Crippen molar-refractivity contribution in [1.29, 1.82) is 0 Å². The van der Waals surface area contributed by atoms with Crippen LogP contribution in [-0.4, -0.2) is 61.3 Å². The van der Waals surface area contributed by atoms with Gasteiger partial charge in [-0.3, -0.25) is 9.69 Å². The van der Waals surface area contributed by atoms with Crippen LogP contribution in [0.1, 0.15) is 24.5 Å². The van der Waals surface area contributed by atoms with Crippen molar-refractivity contribution < 1.29 is 28.2 Å². The average Bonchev–Trinajstić information content (AvgIpc) is 2.96. The second-order valence-electron chi connectivity index (χ2n) is 7.64. The largest absolute Gasteiger partial charge is 0.497 e. The van der Waals surface area contributed by atoms with Crippen LogP contribution in [0.3, 0.4) is 0 Å². The van der Waals surface area contributed by atoms with E-state index in [-0.39, 0.29) is 44.6 Å². The molecular weight excluding hydrogens is 415 g/mol. The average molecular weight is 445 g/mol. The maximum atomic E-state index is 14.0. The minimum Gasteiger partial charge on any atom is -0.497 e. The Kier molecular flexibility index (Phi) is 8.44. The lowest BCUT2D eigenvalue weighted by atomic mass is 10.2. The Morgan fingerprint density at radius 2 is 1.88 bits per heavy atom. The van der Waals surface area contributed by atoms with Gasteiger partial charge in [0.2, 0.25) is 5.91 Å². The van der Waals surface area contributed by atoms with Gasteiger partial charge in [0, 0.05) is 18.7 Å². The van der Waals surface area contributed by atoms with Crippen molar-refractivity contribution in [2.75, 3.05) is 33.4 Å². The van der Waals surface area contributed by atoms with E-state index in [1.165, 1.54) is 11.0 Å². The fourth-order valence-corrected chi connectivity index (χ4v) is 3.43. The van der Waals surface area contributed by atoms with Crippen LogP contribution < -0.4 is 4.74 Å². The van der Waals surface area contributed by atoms with Crippen LogP contribution in [0.25, 0.3) is 0 Å². The van der Waals surface area contributed by atoms with Crippen LogP contribution in [0.4, 0.5) is 9.18 Å². The summed E-state index contributed by atoms with van der Waals surface area (Å²) in [6, 6.07) is 13.8. The van der Waals surface area contributed by atoms with E-state index in [0.717, 1.165) is 11.3 Å². The van der Waals surface area contributed by atoms with Gasteiger partial charge >= 0.3 is 6.09 Å². The molecule has 2 aromatic rings. The van der Waals surface area contributed by atoms with Gasteiger partial charge in [-0.05, 0) is 30.2 Å². The molecule has 0 saturated carbocycles. The van der Waals surface area contributed by atoms with Gasteiger partial charge in [0.15, 0.2) is 0 Å². The molecule has 1 aliphatic rings. The Balaban J connectivity index is 1.74. The minimum absolute atomic E-state index is 0.0414. The van der Waals surface area contributed by atoms with E-state index in [1.807, 2.05) is 31.2 Å². The van der Waals surface area contributed by atoms with E-state index in [9.17, 15) is 14.0 Å². The molecule has 0 aliphatic carbocycles. The first-order chi connectivity index (χ1) is 15.5. The molecule has 8 heteroatoms. The number of hydrogen-bond acceptors (Lipinski definition) is 5. The molecule has 0 N–H and O–H groups in total. The van der Waals surface area contributed by atoms with Crippen molar-refractivity contribution in [3.05, 3.63) is 65.5 Å². The van der Waals surface area contributed by atoms with E-state index in [0.29, 0.717) is 18.5 Å². The highest BCUT2D eigenvalue weighted by atomic mass is 19.1. The van der Waals surface area contributed by atoms with Gasteiger partial charge in [0.25, 0.3) is 0 Å². The Morgan fingerprint density at radius 1 is 1.12 bits per heavy atom. The topological polar surface area (TPSA) is 68.3 Å². The minimum atomic E-state index is -0.550. The molecular formula is C24H29FN2O5. The van der Waals surface area contributed by atoms with E-state index in [2.05, 4.69) is 0 Å². The third kappa shape index (κ3) is 6.43. The van der Waals surface area contributed by atoms with Crippen molar-refractivity contribution >= 4 is 12.0 Å². The third-order valence-corrected chi connectivity index (χ3v) is 5.18. The summed E-state index contributed by atoms with van der Waals surface area (Å²) in [5.41, 5.74) is 1.35. The third-order valence-electron chi connectivity index (χ3n) is 5.18. The predicted molar refractivity (Wildman–Crippen MR) is 117 cm³/mol. The lowest BCUT2D eigenvalue weighted by Gasteiger charge is -2.25. The first-order valence-corrected chi connectivity index (χ1v) is 10.7. The molecule has 0 radical (unpaired) electrons. The SMILES string of the molecule is CCCOC(=O)N1CC(=O)N(Cc2ccc(OC)cc2)CC(OCc2ccccc2F)C1. The lowest BCUT2D eigenvalue weighted by Crippen LogP contribution is -2.40. The number of nitrogens with zero attached hydrogens (tertiary/aromatic N) is 2. The zero-order valence-electron chi connectivity index (χ0n) is 18.5. The molecule has 2 amide bonds. The van der Waals surface area contributed by atoms with Crippen LogP contribution in [0.2, 0.25) is 0 Å². The molecule has 1 aliphatic heterocycles. The number of carbonyl (C=O) groups is 2. The highest BCUT2D eigenvalue weighted by Gasteiger charge is 2.31. The number of carbonyl (C=O) groups excluding carboxylic acids is 2. The summed E-state index contributed by atoms with van der Waals surface area (Å²) in [5.74, 6) is 0.171. The van der Waals surface area contributed by atoms with Gasteiger partial charge in [-0.1, -0.05) is 37.3 Å². The monoisotopic (exact) mass is 444 g/mol. The van der Waals surface area contributed by atoms with E-state index in [4.69, 9.17) is 14.2 Å². The number of halogens is 1. The smallest absolute Gasteiger partial charge is 0.410 e. The molecule has 7 nitrogen and oxygen atoms in total. The Labute approximate surface area is 187 Å². The molecule has 1 fully saturated rings. The van der Waals surface area contributed by atoms with Gasteiger partial charge in [0.1, 0.15) is 18.1 Å². The summed E-state index contributed by atoms with van der Waals surface area (Å²) in [4.78, 5) is 28.4. The first-order valence-electron chi connectivity index (χ1n) is 10.7. The molecule has 0 spiro atoms. The number of rotatable bonds is 8. The van der Waals surface area contributed by atoms with Gasteiger partial charge in [-0.2, -0.15) is 0 Å². The Hall–Kier alpha value is -3.13. The Morgan fingerprint density at radius 3 is 2.56 bits per heavy atom. The molecule has 1 atom stereocenters. The summed E-state index contributed by atoms with van der Waals surface area (Å²) in [7, 11) is 1.59. The van der Waals surface area contributed by atoms with Gasteiger partial charge in [-0.15, -0.1) is 0 Å². The second-order valence-corrected chi connectivity index (χ2v) is 7.64. The zero-order chi connectivity index (χ0) is 22.9. The van der Waals surface area contributed by atoms with Crippen LogP contribution in [0.15, 0.2) is 48.5 Å². The van der Waals surface area contributed by atoms with Gasteiger partial charge in [-0.25, -0.2) is 9.18 Å². The number of hydrogen-bond donors (Lipinski definition) is 0. The van der Waals surface area contributed by atoms with Crippen molar-refractivity contribution in [3.63, 3.8) is 0 Å². The van der Waals surface area contributed by atoms with E-state index < -0.39 is 12.2 Å². The molecule has 172 valence electrons. The van der Waals surface area contributed by atoms with Gasteiger partial charge in [0.05, 0.1) is 33.0 Å². The quantitative estimate of drug-likeness (QED) is 0.622. The summed E-state index contributed by atoms with van der Waals surface area (Å²) in [6.45, 7) is 2.94. The summed E-state index contributed by atoms with van der Waals surface area (Å²) >= 11 is 0.